The number of hydrogen-bond donors (Lipinski definition) is 1. The average Bonchev–Trinajstić information content (AvgIpc) is 3.07. The number of aliphatic hydroxyl groups excluding tert-OH is 1. The van der Waals surface area contributed by atoms with Gasteiger partial charge in [0.25, 0.3) is 0 Å². The van der Waals surface area contributed by atoms with Gasteiger partial charge in [0, 0.05) is 24.9 Å². The van der Waals surface area contributed by atoms with Crippen LogP contribution in [0.2, 0.25) is 0 Å². The fraction of sp³-hybridized carbons (Fsp3) is 0.455. The standard InChI is InChI=1S/C22H28FN3O2/c1-14(2)22(28)25(4)20-11-24-21(26-12-16(23)9-17(26)13-27)10-19(20)18-8-6-5-7-15(18)3/h5-8,10-11,14,16-17,27H,9,12-13H2,1-4H3. The molecule has 2 aromatic rings. The molecule has 1 amide bonds. The van der Waals surface area contributed by atoms with E-state index in [4.69, 9.17) is 0 Å². The quantitative estimate of drug-likeness (QED) is 0.855. The molecule has 2 atom stereocenters. The molecule has 1 aliphatic heterocycles. The molecule has 1 aromatic heterocycles. The van der Waals surface area contributed by atoms with Crippen LogP contribution < -0.4 is 9.80 Å². The van der Waals surface area contributed by atoms with Crippen molar-refractivity contribution < 1.29 is 14.3 Å². The van der Waals surface area contributed by atoms with Crippen LogP contribution in [0.4, 0.5) is 15.9 Å². The molecule has 0 spiro atoms. The number of halogens is 1. The van der Waals surface area contributed by atoms with Crippen LogP contribution in [0.25, 0.3) is 11.1 Å². The molecule has 1 aliphatic rings. The molecule has 0 bridgehead atoms. The number of anilines is 2. The molecule has 1 fully saturated rings. The van der Waals surface area contributed by atoms with Gasteiger partial charge in [-0.3, -0.25) is 4.79 Å². The summed E-state index contributed by atoms with van der Waals surface area (Å²) < 4.78 is 14.0. The predicted molar refractivity (Wildman–Crippen MR) is 110 cm³/mol. The van der Waals surface area contributed by atoms with E-state index < -0.39 is 6.17 Å². The Morgan fingerprint density at radius 3 is 2.71 bits per heavy atom. The van der Waals surface area contributed by atoms with E-state index in [-0.39, 0.29) is 31.0 Å². The van der Waals surface area contributed by atoms with Crippen molar-refractivity contribution in [2.24, 2.45) is 5.92 Å². The SMILES string of the molecule is Cc1ccccc1-c1cc(N2CC(F)CC2CO)ncc1N(C)C(=O)C(C)C. The Hall–Kier alpha value is -2.47. The van der Waals surface area contributed by atoms with Crippen LogP contribution in [-0.4, -0.2) is 48.4 Å². The molecule has 5 nitrogen and oxygen atoms in total. The van der Waals surface area contributed by atoms with E-state index in [2.05, 4.69) is 4.98 Å². The van der Waals surface area contributed by atoms with Gasteiger partial charge in [0.2, 0.25) is 5.91 Å². The third-order valence-corrected chi connectivity index (χ3v) is 5.36. The van der Waals surface area contributed by atoms with Crippen LogP contribution in [0, 0.1) is 12.8 Å². The number of pyridine rings is 1. The number of carbonyl (C=O) groups excluding carboxylic acids is 1. The van der Waals surface area contributed by atoms with Crippen molar-refractivity contribution in [1.82, 2.24) is 4.98 Å². The largest absolute Gasteiger partial charge is 0.394 e. The third kappa shape index (κ3) is 3.87. The first-order valence-corrected chi connectivity index (χ1v) is 9.68. The van der Waals surface area contributed by atoms with Crippen molar-refractivity contribution in [2.45, 2.75) is 39.4 Å². The molecule has 28 heavy (non-hydrogen) atoms. The summed E-state index contributed by atoms with van der Waals surface area (Å²) in [5.74, 6) is 0.480. The molecule has 1 N–H and O–H groups in total. The molecular formula is C22H28FN3O2. The van der Waals surface area contributed by atoms with Gasteiger partial charge in [0.05, 0.1) is 31.1 Å². The molecule has 3 rings (SSSR count). The van der Waals surface area contributed by atoms with Crippen molar-refractivity contribution >= 4 is 17.4 Å². The lowest BCUT2D eigenvalue weighted by Gasteiger charge is -2.27. The number of amides is 1. The maximum Gasteiger partial charge on any atom is 0.229 e. The first-order chi connectivity index (χ1) is 13.3. The second-order valence-corrected chi connectivity index (χ2v) is 7.75. The fourth-order valence-corrected chi connectivity index (χ4v) is 3.77. The molecule has 1 saturated heterocycles. The van der Waals surface area contributed by atoms with E-state index in [0.29, 0.717) is 17.9 Å². The number of hydrogen-bond acceptors (Lipinski definition) is 4. The number of nitrogens with zero attached hydrogens (tertiary/aromatic N) is 3. The first kappa shape index (κ1) is 20.3. The molecule has 0 saturated carbocycles. The number of aromatic nitrogens is 1. The molecule has 0 aliphatic carbocycles. The number of benzene rings is 1. The molecular weight excluding hydrogens is 357 g/mol. The molecule has 2 unspecified atom stereocenters. The lowest BCUT2D eigenvalue weighted by molar-refractivity contribution is -0.121. The van der Waals surface area contributed by atoms with Crippen LogP contribution in [-0.2, 0) is 4.79 Å². The molecule has 1 aromatic carbocycles. The van der Waals surface area contributed by atoms with Gasteiger partial charge < -0.3 is 14.9 Å². The molecule has 6 heteroatoms. The maximum atomic E-state index is 14.0. The van der Waals surface area contributed by atoms with Gasteiger partial charge in [-0.25, -0.2) is 9.37 Å². The normalized spacial score (nSPS) is 19.3. The van der Waals surface area contributed by atoms with Crippen molar-refractivity contribution in [3.05, 3.63) is 42.1 Å². The van der Waals surface area contributed by atoms with Crippen LogP contribution in [0.5, 0.6) is 0 Å². The lowest BCUT2D eigenvalue weighted by Crippen LogP contribution is -2.34. The van der Waals surface area contributed by atoms with Crippen LogP contribution in [0.15, 0.2) is 36.5 Å². The highest BCUT2D eigenvalue weighted by atomic mass is 19.1. The van der Waals surface area contributed by atoms with E-state index in [0.717, 1.165) is 16.7 Å². The van der Waals surface area contributed by atoms with Crippen molar-refractivity contribution in [1.29, 1.82) is 0 Å². The summed E-state index contributed by atoms with van der Waals surface area (Å²) in [7, 11) is 1.75. The number of alkyl halides is 1. The summed E-state index contributed by atoms with van der Waals surface area (Å²) in [6.07, 6.45) is 0.994. The summed E-state index contributed by atoms with van der Waals surface area (Å²) in [5.41, 5.74) is 3.67. The predicted octanol–water partition coefficient (Wildman–Crippen LogP) is 3.58. The molecule has 150 valence electrons. The zero-order valence-electron chi connectivity index (χ0n) is 16.9. The van der Waals surface area contributed by atoms with Gasteiger partial charge in [-0.2, -0.15) is 0 Å². The summed E-state index contributed by atoms with van der Waals surface area (Å²) in [6, 6.07) is 9.58. The van der Waals surface area contributed by atoms with Gasteiger partial charge in [0.1, 0.15) is 12.0 Å². The minimum Gasteiger partial charge on any atom is -0.394 e. The van der Waals surface area contributed by atoms with Gasteiger partial charge in [-0.15, -0.1) is 0 Å². The average molecular weight is 385 g/mol. The first-order valence-electron chi connectivity index (χ1n) is 9.68. The van der Waals surface area contributed by atoms with E-state index in [9.17, 15) is 14.3 Å². The van der Waals surface area contributed by atoms with E-state index >= 15 is 0 Å². The second-order valence-electron chi connectivity index (χ2n) is 7.75. The Balaban J connectivity index is 2.11. The van der Waals surface area contributed by atoms with Crippen LogP contribution in [0.1, 0.15) is 25.8 Å². The van der Waals surface area contributed by atoms with E-state index in [1.54, 1.807) is 18.1 Å². The highest BCUT2D eigenvalue weighted by Crippen LogP contribution is 2.36. The fourth-order valence-electron chi connectivity index (χ4n) is 3.77. The second kappa shape index (κ2) is 8.27. The highest BCUT2D eigenvalue weighted by Gasteiger charge is 2.33. The Morgan fingerprint density at radius 2 is 2.07 bits per heavy atom. The molecule has 0 radical (unpaired) electrons. The smallest absolute Gasteiger partial charge is 0.229 e. The van der Waals surface area contributed by atoms with Crippen molar-refractivity contribution in [2.75, 3.05) is 30.0 Å². The van der Waals surface area contributed by atoms with E-state index in [1.807, 2.05) is 56.0 Å². The number of aliphatic hydroxyl groups is 1. The molecule has 2 heterocycles. The highest BCUT2D eigenvalue weighted by molar-refractivity contribution is 5.98. The van der Waals surface area contributed by atoms with Crippen molar-refractivity contribution in [3.63, 3.8) is 0 Å². The summed E-state index contributed by atoms with van der Waals surface area (Å²) in [4.78, 5) is 20.6. The Morgan fingerprint density at radius 1 is 1.36 bits per heavy atom. The maximum absolute atomic E-state index is 14.0. The third-order valence-electron chi connectivity index (χ3n) is 5.36. The Labute approximate surface area is 165 Å². The zero-order valence-corrected chi connectivity index (χ0v) is 16.9. The van der Waals surface area contributed by atoms with Crippen LogP contribution in [0.3, 0.4) is 0 Å². The number of aryl methyl sites for hydroxylation is 1. The Bertz CT molecular complexity index is 855. The van der Waals surface area contributed by atoms with Crippen molar-refractivity contribution in [3.8, 4) is 11.1 Å². The van der Waals surface area contributed by atoms with Gasteiger partial charge in [-0.05, 0) is 24.1 Å². The van der Waals surface area contributed by atoms with Gasteiger partial charge >= 0.3 is 0 Å². The zero-order chi connectivity index (χ0) is 20.4. The van der Waals surface area contributed by atoms with Gasteiger partial charge in [0.15, 0.2) is 0 Å². The minimum atomic E-state index is -0.981. The number of carbonyl (C=O) groups is 1. The monoisotopic (exact) mass is 385 g/mol. The topological polar surface area (TPSA) is 56.7 Å². The summed E-state index contributed by atoms with van der Waals surface area (Å²) in [5, 5.41) is 9.63. The minimum absolute atomic E-state index is 0.00242. The summed E-state index contributed by atoms with van der Waals surface area (Å²) in [6.45, 7) is 5.85. The van der Waals surface area contributed by atoms with E-state index in [1.165, 1.54) is 0 Å². The number of rotatable bonds is 5. The van der Waals surface area contributed by atoms with Crippen LogP contribution >= 0.6 is 0 Å². The Kier molecular flexibility index (Phi) is 5.98. The summed E-state index contributed by atoms with van der Waals surface area (Å²) >= 11 is 0. The van der Waals surface area contributed by atoms with Gasteiger partial charge in [-0.1, -0.05) is 38.1 Å². The lowest BCUT2D eigenvalue weighted by atomic mass is 9.99.